The Morgan fingerprint density at radius 3 is 2.79 bits per heavy atom. The summed E-state index contributed by atoms with van der Waals surface area (Å²) < 4.78 is 15.6. The minimum atomic E-state index is -0.472. The van der Waals surface area contributed by atoms with E-state index in [2.05, 4.69) is 16.6 Å². The van der Waals surface area contributed by atoms with Gasteiger partial charge in [-0.25, -0.2) is 4.79 Å². The SMILES string of the molecule is CCOC(=O)[C@@]1(CC)C[C@H]2CC[C@@H]1N2Cc1ccc(C(=O)OC)o1. The fourth-order valence-electron chi connectivity index (χ4n) is 4.42. The van der Waals surface area contributed by atoms with Crippen molar-refractivity contribution in [2.75, 3.05) is 13.7 Å². The average Bonchev–Trinajstić information content (AvgIpc) is 3.29. The van der Waals surface area contributed by atoms with Gasteiger partial charge in [-0.15, -0.1) is 0 Å². The number of fused-ring (bicyclic) bond motifs is 2. The second-order valence-corrected chi connectivity index (χ2v) is 6.61. The Morgan fingerprint density at radius 1 is 1.33 bits per heavy atom. The summed E-state index contributed by atoms with van der Waals surface area (Å²) in [5.41, 5.74) is -0.406. The molecule has 0 aliphatic carbocycles. The largest absolute Gasteiger partial charge is 0.466 e. The highest BCUT2D eigenvalue weighted by molar-refractivity contribution is 5.86. The predicted molar refractivity (Wildman–Crippen MR) is 86.4 cm³/mol. The number of ether oxygens (including phenoxy) is 2. The maximum Gasteiger partial charge on any atom is 0.373 e. The molecule has 3 rings (SSSR count). The van der Waals surface area contributed by atoms with Crippen LogP contribution in [0.5, 0.6) is 0 Å². The molecule has 0 saturated carbocycles. The van der Waals surface area contributed by atoms with Gasteiger partial charge in [0.25, 0.3) is 0 Å². The van der Waals surface area contributed by atoms with Crippen molar-refractivity contribution in [3.05, 3.63) is 23.7 Å². The van der Waals surface area contributed by atoms with Crippen LogP contribution in [-0.4, -0.2) is 42.6 Å². The van der Waals surface area contributed by atoms with E-state index in [1.807, 2.05) is 13.0 Å². The second kappa shape index (κ2) is 6.59. The zero-order chi connectivity index (χ0) is 17.3. The quantitative estimate of drug-likeness (QED) is 0.745. The molecule has 1 aromatic rings. The van der Waals surface area contributed by atoms with Crippen molar-refractivity contribution >= 4 is 11.9 Å². The van der Waals surface area contributed by atoms with Crippen molar-refractivity contribution in [3.63, 3.8) is 0 Å². The molecule has 2 saturated heterocycles. The Hall–Kier alpha value is -1.82. The summed E-state index contributed by atoms with van der Waals surface area (Å²) in [6.07, 6.45) is 3.73. The highest BCUT2D eigenvalue weighted by Gasteiger charge is 2.59. The van der Waals surface area contributed by atoms with Crippen molar-refractivity contribution in [1.29, 1.82) is 0 Å². The normalized spacial score (nSPS) is 29.0. The topological polar surface area (TPSA) is 69.0 Å². The van der Waals surface area contributed by atoms with E-state index in [9.17, 15) is 9.59 Å². The summed E-state index contributed by atoms with van der Waals surface area (Å²) in [5, 5.41) is 0. The standard InChI is InChI=1S/C18H25NO5/c1-4-18(17(21)23-5-2)10-12-6-9-15(18)19(12)11-13-7-8-14(24-13)16(20)22-3/h7-8,12,15H,4-6,9-11H2,1-3H3/t12-,15+,18+/m1/s1. The van der Waals surface area contributed by atoms with Gasteiger partial charge in [-0.05, 0) is 44.7 Å². The van der Waals surface area contributed by atoms with Gasteiger partial charge in [-0.1, -0.05) is 6.92 Å². The molecule has 0 amide bonds. The molecule has 2 bridgehead atoms. The molecule has 24 heavy (non-hydrogen) atoms. The van der Waals surface area contributed by atoms with Crippen LogP contribution in [0.15, 0.2) is 16.5 Å². The number of rotatable bonds is 6. The van der Waals surface area contributed by atoms with Gasteiger partial charge < -0.3 is 13.9 Å². The number of carbonyl (C=O) groups excluding carboxylic acids is 2. The molecule has 2 fully saturated rings. The maximum absolute atomic E-state index is 12.6. The molecule has 0 spiro atoms. The van der Waals surface area contributed by atoms with Crippen LogP contribution in [0.1, 0.15) is 55.8 Å². The van der Waals surface area contributed by atoms with Gasteiger partial charge in [-0.2, -0.15) is 0 Å². The Labute approximate surface area is 142 Å². The summed E-state index contributed by atoms with van der Waals surface area (Å²) >= 11 is 0. The van der Waals surface area contributed by atoms with Gasteiger partial charge in [0.1, 0.15) is 5.76 Å². The lowest BCUT2D eigenvalue weighted by Crippen LogP contribution is -2.43. The molecule has 0 unspecified atom stereocenters. The molecular formula is C18H25NO5. The fourth-order valence-corrected chi connectivity index (χ4v) is 4.42. The molecule has 0 N–H and O–H groups in total. The molecule has 2 aliphatic heterocycles. The Balaban J connectivity index is 1.77. The lowest BCUT2D eigenvalue weighted by atomic mass is 9.72. The van der Waals surface area contributed by atoms with Crippen LogP contribution in [0, 0.1) is 5.41 Å². The van der Waals surface area contributed by atoms with Crippen LogP contribution in [-0.2, 0) is 20.8 Å². The predicted octanol–water partition coefficient (Wildman–Crippen LogP) is 2.76. The van der Waals surface area contributed by atoms with Gasteiger partial charge in [-0.3, -0.25) is 9.69 Å². The summed E-state index contributed by atoms with van der Waals surface area (Å²) in [4.78, 5) is 26.5. The molecule has 6 heteroatoms. The van der Waals surface area contributed by atoms with Crippen LogP contribution in [0.25, 0.3) is 0 Å². The van der Waals surface area contributed by atoms with E-state index in [1.165, 1.54) is 7.11 Å². The van der Waals surface area contributed by atoms with Crippen molar-refractivity contribution in [3.8, 4) is 0 Å². The van der Waals surface area contributed by atoms with E-state index in [0.29, 0.717) is 19.2 Å². The van der Waals surface area contributed by atoms with E-state index < -0.39 is 11.4 Å². The van der Waals surface area contributed by atoms with E-state index in [4.69, 9.17) is 9.15 Å². The van der Waals surface area contributed by atoms with Crippen molar-refractivity contribution in [2.45, 2.75) is 58.2 Å². The van der Waals surface area contributed by atoms with Crippen molar-refractivity contribution < 1.29 is 23.5 Å². The first-order chi connectivity index (χ1) is 11.6. The fraction of sp³-hybridized carbons (Fsp3) is 0.667. The monoisotopic (exact) mass is 335 g/mol. The van der Waals surface area contributed by atoms with Gasteiger partial charge in [0.15, 0.2) is 0 Å². The number of methoxy groups -OCH3 is 1. The molecular weight excluding hydrogens is 310 g/mol. The molecule has 3 atom stereocenters. The second-order valence-electron chi connectivity index (χ2n) is 6.61. The number of nitrogens with zero attached hydrogens (tertiary/aromatic N) is 1. The highest BCUT2D eigenvalue weighted by atomic mass is 16.5. The Kier molecular flexibility index (Phi) is 4.67. The Bertz CT molecular complexity index is 625. The lowest BCUT2D eigenvalue weighted by molar-refractivity contribution is -0.157. The third-order valence-corrected chi connectivity index (χ3v) is 5.58. The molecule has 132 valence electrons. The van der Waals surface area contributed by atoms with Crippen LogP contribution in [0.3, 0.4) is 0 Å². The van der Waals surface area contributed by atoms with Gasteiger partial charge >= 0.3 is 11.9 Å². The minimum absolute atomic E-state index is 0.0700. The summed E-state index contributed by atoms with van der Waals surface area (Å²) in [6.45, 7) is 4.94. The van der Waals surface area contributed by atoms with Crippen LogP contribution in [0.2, 0.25) is 0 Å². The third-order valence-electron chi connectivity index (χ3n) is 5.58. The number of esters is 2. The molecule has 2 aliphatic rings. The maximum atomic E-state index is 12.6. The van der Waals surface area contributed by atoms with E-state index in [1.54, 1.807) is 6.07 Å². The van der Waals surface area contributed by atoms with E-state index in [0.717, 1.165) is 31.4 Å². The van der Waals surface area contributed by atoms with Crippen LogP contribution >= 0.6 is 0 Å². The molecule has 3 heterocycles. The number of carbonyl (C=O) groups is 2. The zero-order valence-electron chi connectivity index (χ0n) is 14.5. The number of hydrogen-bond donors (Lipinski definition) is 0. The van der Waals surface area contributed by atoms with Crippen LogP contribution < -0.4 is 0 Å². The smallest absolute Gasteiger partial charge is 0.373 e. The van der Waals surface area contributed by atoms with Gasteiger partial charge in [0.05, 0.1) is 25.7 Å². The van der Waals surface area contributed by atoms with Gasteiger partial charge in [0, 0.05) is 12.1 Å². The van der Waals surface area contributed by atoms with E-state index in [-0.39, 0.29) is 17.8 Å². The average molecular weight is 335 g/mol. The minimum Gasteiger partial charge on any atom is -0.466 e. The lowest BCUT2D eigenvalue weighted by Gasteiger charge is -2.34. The first-order valence-electron chi connectivity index (χ1n) is 8.65. The van der Waals surface area contributed by atoms with Crippen molar-refractivity contribution in [2.24, 2.45) is 5.41 Å². The zero-order valence-corrected chi connectivity index (χ0v) is 14.5. The number of furan rings is 1. The first-order valence-corrected chi connectivity index (χ1v) is 8.65. The molecule has 0 aromatic carbocycles. The summed E-state index contributed by atoms with van der Waals surface area (Å²) in [5.74, 6) is 0.397. The first kappa shape index (κ1) is 17.0. The summed E-state index contributed by atoms with van der Waals surface area (Å²) in [7, 11) is 1.33. The Morgan fingerprint density at radius 2 is 2.12 bits per heavy atom. The van der Waals surface area contributed by atoms with Crippen LogP contribution in [0.4, 0.5) is 0 Å². The molecule has 0 radical (unpaired) electrons. The number of hydrogen-bond acceptors (Lipinski definition) is 6. The summed E-state index contributed by atoms with van der Waals surface area (Å²) in [6, 6.07) is 3.99. The highest BCUT2D eigenvalue weighted by Crippen LogP contribution is 2.52. The molecule has 6 nitrogen and oxygen atoms in total. The van der Waals surface area contributed by atoms with E-state index >= 15 is 0 Å². The third kappa shape index (κ3) is 2.62. The van der Waals surface area contributed by atoms with Gasteiger partial charge in [0.2, 0.25) is 5.76 Å². The molecule has 1 aromatic heterocycles. The van der Waals surface area contributed by atoms with Crippen molar-refractivity contribution in [1.82, 2.24) is 4.90 Å².